The van der Waals surface area contributed by atoms with Crippen LogP contribution >= 0.6 is 6.72 Å². The molecule has 0 aliphatic heterocycles. The van der Waals surface area contributed by atoms with Crippen molar-refractivity contribution in [2.75, 3.05) is 0 Å². The SMILES string of the molecule is CCc1cc([N+](=O)[O-])ccc1OP(O)(O)=S. The van der Waals surface area contributed by atoms with E-state index in [9.17, 15) is 10.1 Å². The third-order valence-electron chi connectivity index (χ3n) is 1.85. The summed E-state index contributed by atoms with van der Waals surface area (Å²) in [5.74, 6) is 0.168. The first-order chi connectivity index (χ1) is 7.33. The van der Waals surface area contributed by atoms with Crippen molar-refractivity contribution in [3.8, 4) is 5.75 Å². The lowest BCUT2D eigenvalue weighted by atomic mass is 10.1. The van der Waals surface area contributed by atoms with Crippen molar-refractivity contribution in [2.45, 2.75) is 13.3 Å². The van der Waals surface area contributed by atoms with Gasteiger partial charge in [-0.25, -0.2) is 0 Å². The molecule has 0 amide bonds. The maximum Gasteiger partial charge on any atom is 0.375 e. The first-order valence-corrected chi connectivity index (χ1v) is 6.98. The van der Waals surface area contributed by atoms with Gasteiger partial charge < -0.3 is 14.3 Å². The second-order valence-electron chi connectivity index (χ2n) is 2.98. The van der Waals surface area contributed by atoms with E-state index >= 15 is 0 Å². The average Bonchev–Trinajstić information content (AvgIpc) is 2.15. The Morgan fingerprint density at radius 3 is 2.62 bits per heavy atom. The Balaban J connectivity index is 3.12. The Labute approximate surface area is 96.9 Å². The topological polar surface area (TPSA) is 92.8 Å². The molecule has 1 rings (SSSR count). The van der Waals surface area contributed by atoms with Crippen LogP contribution in [-0.4, -0.2) is 14.7 Å². The van der Waals surface area contributed by atoms with Crippen LogP contribution in [0.1, 0.15) is 12.5 Å². The van der Waals surface area contributed by atoms with Gasteiger partial charge in [-0.3, -0.25) is 10.1 Å². The highest BCUT2D eigenvalue weighted by Crippen LogP contribution is 2.40. The summed E-state index contributed by atoms with van der Waals surface area (Å²) in [5, 5.41) is 10.5. The highest BCUT2D eigenvalue weighted by Gasteiger charge is 2.16. The standard InChI is InChI=1S/C8H10NO5PS/c1-2-6-5-7(9(10)11)3-4-8(6)14-15(12,13)16/h3-5H,2H2,1H3,(H2,12,13,16). The molecule has 1 aromatic carbocycles. The summed E-state index contributed by atoms with van der Waals surface area (Å²) in [7, 11) is 0. The van der Waals surface area contributed by atoms with Crippen LogP contribution in [0.25, 0.3) is 0 Å². The molecule has 0 saturated heterocycles. The molecule has 0 bridgehead atoms. The summed E-state index contributed by atoms with van der Waals surface area (Å²) >= 11 is 4.32. The van der Waals surface area contributed by atoms with Gasteiger partial charge in [0, 0.05) is 29.5 Å². The van der Waals surface area contributed by atoms with Crippen molar-refractivity contribution in [2.24, 2.45) is 0 Å². The molecule has 0 radical (unpaired) electrons. The van der Waals surface area contributed by atoms with Gasteiger partial charge in [0.2, 0.25) is 0 Å². The molecule has 6 nitrogen and oxygen atoms in total. The number of benzene rings is 1. The van der Waals surface area contributed by atoms with Crippen LogP contribution in [0.4, 0.5) is 5.69 Å². The maximum atomic E-state index is 10.5. The van der Waals surface area contributed by atoms with Crippen molar-refractivity contribution in [1.29, 1.82) is 0 Å². The van der Waals surface area contributed by atoms with Gasteiger partial charge >= 0.3 is 6.72 Å². The van der Waals surface area contributed by atoms with Crippen LogP contribution in [0, 0.1) is 10.1 Å². The summed E-state index contributed by atoms with van der Waals surface area (Å²) in [4.78, 5) is 28.0. The molecule has 88 valence electrons. The van der Waals surface area contributed by atoms with Crippen LogP contribution in [0.2, 0.25) is 0 Å². The van der Waals surface area contributed by atoms with E-state index in [0.717, 1.165) is 0 Å². The summed E-state index contributed by atoms with van der Waals surface area (Å²) in [6.07, 6.45) is 0.465. The minimum atomic E-state index is -3.80. The monoisotopic (exact) mass is 263 g/mol. The number of nitrogens with zero attached hydrogens (tertiary/aromatic N) is 1. The van der Waals surface area contributed by atoms with E-state index in [0.29, 0.717) is 12.0 Å². The predicted octanol–water partition coefficient (Wildman–Crippen LogP) is 1.75. The summed E-state index contributed by atoms with van der Waals surface area (Å²) in [6, 6.07) is 3.85. The highest BCUT2D eigenvalue weighted by atomic mass is 32.5. The van der Waals surface area contributed by atoms with Crippen LogP contribution in [0.3, 0.4) is 0 Å². The first-order valence-electron chi connectivity index (χ1n) is 4.36. The van der Waals surface area contributed by atoms with E-state index in [1.54, 1.807) is 6.92 Å². The van der Waals surface area contributed by atoms with Gasteiger partial charge in [0.15, 0.2) is 0 Å². The summed E-state index contributed by atoms with van der Waals surface area (Å²) < 4.78 is 4.77. The number of rotatable bonds is 4. The van der Waals surface area contributed by atoms with Gasteiger partial charge in [0.05, 0.1) is 4.92 Å². The van der Waals surface area contributed by atoms with E-state index in [1.165, 1.54) is 18.2 Å². The zero-order chi connectivity index (χ0) is 12.3. The molecule has 0 aromatic heterocycles. The van der Waals surface area contributed by atoms with E-state index in [-0.39, 0.29) is 11.4 Å². The Hall–Kier alpha value is -1.01. The van der Waals surface area contributed by atoms with Crippen molar-refractivity contribution in [3.05, 3.63) is 33.9 Å². The molecule has 16 heavy (non-hydrogen) atoms. The Morgan fingerprint density at radius 2 is 2.19 bits per heavy atom. The number of nitro groups is 1. The van der Waals surface area contributed by atoms with Crippen LogP contribution in [0.5, 0.6) is 5.75 Å². The molecule has 8 heteroatoms. The quantitative estimate of drug-likeness (QED) is 0.488. The maximum absolute atomic E-state index is 10.5. The summed E-state index contributed by atoms with van der Waals surface area (Å²) in [6.45, 7) is -2.04. The molecule has 0 aliphatic rings. The zero-order valence-corrected chi connectivity index (χ0v) is 10.1. The highest BCUT2D eigenvalue weighted by molar-refractivity contribution is 8.06. The fraction of sp³-hybridized carbons (Fsp3) is 0.250. The van der Waals surface area contributed by atoms with Crippen LogP contribution in [0.15, 0.2) is 18.2 Å². The number of hydrogen-bond donors (Lipinski definition) is 2. The van der Waals surface area contributed by atoms with Crippen LogP contribution < -0.4 is 4.52 Å². The Bertz CT molecular complexity index is 458. The molecule has 0 atom stereocenters. The normalized spacial score (nSPS) is 11.2. The Morgan fingerprint density at radius 1 is 1.56 bits per heavy atom. The molecular weight excluding hydrogens is 253 g/mol. The molecule has 0 aliphatic carbocycles. The molecule has 0 heterocycles. The second kappa shape index (κ2) is 4.88. The number of hydrogen-bond acceptors (Lipinski definition) is 4. The van der Waals surface area contributed by atoms with Gasteiger partial charge in [-0.2, -0.15) is 0 Å². The molecule has 0 fully saturated rings. The first kappa shape index (κ1) is 13.1. The Kier molecular flexibility index (Phi) is 3.98. The lowest BCUT2D eigenvalue weighted by molar-refractivity contribution is -0.384. The largest absolute Gasteiger partial charge is 0.424 e. The number of nitro benzene ring substituents is 1. The minimum Gasteiger partial charge on any atom is -0.424 e. The van der Waals surface area contributed by atoms with Crippen LogP contribution in [-0.2, 0) is 18.2 Å². The predicted molar refractivity (Wildman–Crippen MR) is 61.8 cm³/mol. The molecule has 0 spiro atoms. The van der Waals surface area contributed by atoms with E-state index in [2.05, 4.69) is 11.8 Å². The summed E-state index contributed by atoms with van der Waals surface area (Å²) in [5.41, 5.74) is 0.430. The zero-order valence-electron chi connectivity index (χ0n) is 8.36. The van der Waals surface area contributed by atoms with Gasteiger partial charge in [-0.05, 0) is 12.5 Å². The smallest absolute Gasteiger partial charge is 0.375 e. The molecule has 2 N–H and O–H groups in total. The molecule has 0 unspecified atom stereocenters. The minimum absolute atomic E-state index is 0.0756. The third kappa shape index (κ3) is 3.53. The van der Waals surface area contributed by atoms with Crippen molar-refractivity contribution in [1.82, 2.24) is 0 Å². The average molecular weight is 263 g/mol. The van der Waals surface area contributed by atoms with Crippen molar-refractivity contribution in [3.63, 3.8) is 0 Å². The fourth-order valence-corrected chi connectivity index (χ4v) is 1.85. The lowest BCUT2D eigenvalue weighted by Gasteiger charge is -2.12. The lowest BCUT2D eigenvalue weighted by Crippen LogP contribution is -1.96. The van der Waals surface area contributed by atoms with Gasteiger partial charge in [0.1, 0.15) is 5.75 Å². The van der Waals surface area contributed by atoms with Gasteiger partial charge in [-0.15, -0.1) is 0 Å². The van der Waals surface area contributed by atoms with Crippen molar-refractivity contribution >= 4 is 24.2 Å². The number of non-ortho nitro benzene ring substituents is 1. The molecular formula is C8H10NO5PS. The van der Waals surface area contributed by atoms with E-state index in [1.807, 2.05) is 0 Å². The third-order valence-corrected chi connectivity index (χ3v) is 2.51. The fourth-order valence-electron chi connectivity index (χ4n) is 1.17. The molecule has 0 saturated carbocycles. The van der Waals surface area contributed by atoms with Gasteiger partial charge in [-0.1, -0.05) is 6.92 Å². The van der Waals surface area contributed by atoms with Crippen molar-refractivity contribution < 1.29 is 19.2 Å². The van der Waals surface area contributed by atoms with Gasteiger partial charge in [0.25, 0.3) is 5.69 Å². The second-order valence-corrected chi connectivity index (χ2v) is 5.58. The van der Waals surface area contributed by atoms with E-state index in [4.69, 9.17) is 14.3 Å². The van der Waals surface area contributed by atoms with E-state index < -0.39 is 11.6 Å². The molecule has 1 aromatic rings. The number of aryl methyl sites for hydroxylation is 1.